The molecule has 0 aromatic rings. The lowest BCUT2D eigenvalue weighted by Gasteiger charge is -2.33. The van der Waals surface area contributed by atoms with E-state index in [1.54, 1.807) is 0 Å². The van der Waals surface area contributed by atoms with Gasteiger partial charge in [0.05, 0.1) is 12.5 Å². The van der Waals surface area contributed by atoms with Crippen molar-refractivity contribution < 1.29 is 9.53 Å². The molecular weight excluding hydrogens is 278 g/mol. The molecule has 1 heterocycles. The van der Waals surface area contributed by atoms with Gasteiger partial charge in [0.25, 0.3) is 0 Å². The van der Waals surface area contributed by atoms with Gasteiger partial charge in [0.1, 0.15) is 0 Å². The van der Waals surface area contributed by atoms with Crippen molar-refractivity contribution in [3.05, 3.63) is 0 Å². The van der Waals surface area contributed by atoms with Crippen LogP contribution in [0.3, 0.4) is 0 Å². The first-order chi connectivity index (χ1) is 10.7. The second kappa shape index (κ2) is 8.39. The minimum atomic E-state index is -0.0331. The summed E-state index contributed by atoms with van der Waals surface area (Å²) in [5.41, 5.74) is 0. The van der Waals surface area contributed by atoms with Crippen LogP contribution in [0.4, 0.5) is 0 Å². The quantitative estimate of drug-likeness (QED) is 0.465. The second-order valence-corrected chi connectivity index (χ2v) is 6.35. The van der Waals surface area contributed by atoms with E-state index in [0.717, 1.165) is 44.4 Å². The Morgan fingerprint density at radius 1 is 1.27 bits per heavy atom. The van der Waals surface area contributed by atoms with Crippen LogP contribution in [0.15, 0.2) is 4.99 Å². The SMILES string of the molecule is CCCC1CC1NC(=NCC)N1CCC(C(=O)OCC)CC1. The lowest BCUT2D eigenvalue weighted by atomic mass is 9.97. The van der Waals surface area contributed by atoms with Crippen LogP contribution in [0.2, 0.25) is 0 Å². The summed E-state index contributed by atoms with van der Waals surface area (Å²) in [6, 6.07) is 0.605. The number of rotatable bonds is 6. The van der Waals surface area contributed by atoms with Gasteiger partial charge in [0.15, 0.2) is 5.96 Å². The number of aliphatic imine (C=N–C) groups is 1. The van der Waals surface area contributed by atoms with Crippen LogP contribution in [0, 0.1) is 11.8 Å². The maximum absolute atomic E-state index is 11.8. The number of hydrogen-bond donors (Lipinski definition) is 1. The largest absolute Gasteiger partial charge is 0.466 e. The molecule has 2 rings (SSSR count). The Labute approximate surface area is 134 Å². The van der Waals surface area contributed by atoms with E-state index in [0.29, 0.717) is 12.6 Å². The van der Waals surface area contributed by atoms with E-state index < -0.39 is 0 Å². The van der Waals surface area contributed by atoms with Gasteiger partial charge in [-0.3, -0.25) is 9.79 Å². The van der Waals surface area contributed by atoms with Crippen LogP contribution in [0.25, 0.3) is 0 Å². The molecule has 0 aromatic carbocycles. The number of hydrogen-bond acceptors (Lipinski definition) is 3. The van der Waals surface area contributed by atoms with Gasteiger partial charge < -0.3 is 15.0 Å². The third kappa shape index (κ3) is 4.62. The molecule has 1 saturated heterocycles. The van der Waals surface area contributed by atoms with Gasteiger partial charge in [0.2, 0.25) is 0 Å². The van der Waals surface area contributed by atoms with E-state index in [2.05, 4.69) is 29.1 Å². The zero-order chi connectivity index (χ0) is 15.9. The van der Waals surface area contributed by atoms with E-state index in [4.69, 9.17) is 4.74 Å². The van der Waals surface area contributed by atoms with Gasteiger partial charge in [-0.2, -0.15) is 0 Å². The molecule has 5 heteroatoms. The van der Waals surface area contributed by atoms with E-state index in [1.807, 2.05) is 6.92 Å². The summed E-state index contributed by atoms with van der Waals surface area (Å²) in [4.78, 5) is 18.8. The van der Waals surface area contributed by atoms with Crippen LogP contribution >= 0.6 is 0 Å². The fourth-order valence-electron chi connectivity index (χ4n) is 3.25. The molecule has 0 aromatic heterocycles. The molecule has 2 atom stereocenters. The highest BCUT2D eigenvalue weighted by Gasteiger charge is 2.38. The van der Waals surface area contributed by atoms with E-state index >= 15 is 0 Å². The smallest absolute Gasteiger partial charge is 0.309 e. The minimum absolute atomic E-state index is 0.0331. The average molecular weight is 309 g/mol. The zero-order valence-electron chi connectivity index (χ0n) is 14.3. The Bertz CT molecular complexity index is 389. The van der Waals surface area contributed by atoms with E-state index in [-0.39, 0.29) is 11.9 Å². The molecular formula is C17H31N3O2. The highest BCUT2D eigenvalue weighted by Crippen LogP contribution is 2.34. The second-order valence-electron chi connectivity index (χ2n) is 6.35. The Balaban J connectivity index is 1.81. The van der Waals surface area contributed by atoms with Crippen molar-refractivity contribution in [1.29, 1.82) is 0 Å². The van der Waals surface area contributed by atoms with Gasteiger partial charge in [-0.15, -0.1) is 0 Å². The number of nitrogens with one attached hydrogen (secondary N) is 1. The summed E-state index contributed by atoms with van der Waals surface area (Å²) in [6.07, 6.45) is 5.57. The fraction of sp³-hybridized carbons (Fsp3) is 0.882. The molecule has 0 bridgehead atoms. The van der Waals surface area contributed by atoms with Gasteiger partial charge in [-0.05, 0) is 45.4 Å². The first kappa shape index (κ1) is 17.1. The fourth-order valence-corrected chi connectivity index (χ4v) is 3.25. The Morgan fingerprint density at radius 2 is 2.00 bits per heavy atom. The molecule has 126 valence electrons. The standard InChI is InChI=1S/C17H31N3O2/c1-4-7-14-12-15(14)19-17(18-5-2)20-10-8-13(9-11-20)16(21)22-6-3/h13-15H,4-12H2,1-3H3,(H,18,19). The van der Waals surface area contributed by atoms with Crippen molar-refractivity contribution in [3.63, 3.8) is 0 Å². The first-order valence-electron chi connectivity index (χ1n) is 8.92. The summed E-state index contributed by atoms with van der Waals surface area (Å²) in [5, 5.41) is 3.63. The molecule has 0 radical (unpaired) electrons. The average Bonchev–Trinajstić information content (AvgIpc) is 3.25. The molecule has 1 aliphatic heterocycles. The van der Waals surface area contributed by atoms with Gasteiger partial charge in [-0.25, -0.2) is 0 Å². The zero-order valence-corrected chi connectivity index (χ0v) is 14.3. The number of esters is 1. The molecule has 1 saturated carbocycles. The Morgan fingerprint density at radius 3 is 2.59 bits per heavy atom. The van der Waals surface area contributed by atoms with Crippen molar-refractivity contribution in [3.8, 4) is 0 Å². The first-order valence-corrected chi connectivity index (χ1v) is 8.92. The topological polar surface area (TPSA) is 53.9 Å². The Kier molecular flexibility index (Phi) is 6.52. The molecule has 2 unspecified atom stereocenters. The molecule has 5 nitrogen and oxygen atoms in total. The number of nitrogens with zero attached hydrogens (tertiary/aromatic N) is 2. The summed E-state index contributed by atoms with van der Waals surface area (Å²) >= 11 is 0. The van der Waals surface area contributed by atoms with Crippen LogP contribution in [-0.2, 0) is 9.53 Å². The molecule has 2 fully saturated rings. The monoisotopic (exact) mass is 309 g/mol. The summed E-state index contributed by atoms with van der Waals surface area (Å²) in [6.45, 7) is 9.24. The van der Waals surface area contributed by atoms with Gasteiger partial charge in [-0.1, -0.05) is 13.3 Å². The molecule has 22 heavy (non-hydrogen) atoms. The van der Waals surface area contributed by atoms with Crippen molar-refractivity contribution in [2.75, 3.05) is 26.2 Å². The molecule has 0 spiro atoms. The maximum atomic E-state index is 11.8. The van der Waals surface area contributed by atoms with Gasteiger partial charge in [0, 0.05) is 25.7 Å². The predicted octanol–water partition coefficient (Wildman–Crippen LogP) is 2.42. The number of carbonyl (C=O) groups excluding carboxylic acids is 1. The van der Waals surface area contributed by atoms with Crippen molar-refractivity contribution in [2.24, 2.45) is 16.8 Å². The highest BCUT2D eigenvalue weighted by atomic mass is 16.5. The van der Waals surface area contributed by atoms with Crippen LogP contribution < -0.4 is 5.32 Å². The summed E-state index contributed by atoms with van der Waals surface area (Å²) in [7, 11) is 0. The molecule has 2 aliphatic rings. The normalized spacial score (nSPS) is 26.0. The van der Waals surface area contributed by atoms with Gasteiger partial charge >= 0.3 is 5.97 Å². The molecule has 0 amide bonds. The Hall–Kier alpha value is -1.26. The summed E-state index contributed by atoms with van der Waals surface area (Å²) < 4.78 is 5.14. The van der Waals surface area contributed by atoms with Crippen LogP contribution in [0.1, 0.15) is 52.9 Å². The number of likely N-dealkylation sites (tertiary alicyclic amines) is 1. The number of guanidine groups is 1. The molecule has 1 aliphatic carbocycles. The van der Waals surface area contributed by atoms with E-state index in [9.17, 15) is 4.79 Å². The van der Waals surface area contributed by atoms with Crippen molar-refractivity contribution in [2.45, 2.75) is 58.9 Å². The van der Waals surface area contributed by atoms with Crippen molar-refractivity contribution >= 4 is 11.9 Å². The highest BCUT2D eigenvalue weighted by molar-refractivity contribution is 5.81. The predicted molar refractivity (Wildman–Crippen MR) is 88.8 cm³/mol. The van der Waals surface area contributed by atoms with E-state index in [1.165, 1.54) is 19.3 Å². The number of carbonyl (C=O) groups is 1. The summed E-state index contributed by atoms with van der Waals surface area (Å²) in [5.74, 6) is 1.89. The number of piperidine rings is 1. The van der Waals surface area contributed by atoms with Crippen LogP contribution in [-0.4, -0.2) is 49.1 Å². The van der Waals surface area contributed by atoms with Crippen LogP contribution in [0.5, 0.6) is 0 Å². The third-order valence-electron chi connectivity index (χ3n) is 4.62. The lowest BCUT2D eigenvalue weighted by molar-refractivity contribution is -0.149. The minimum Gasteiger partial charge on any atom is -0.466 e. The number of ether oxygens (including phenoxy) is 1. The lowest BCUT2D eigenvalue weighted by Crippen LogP contribution is -2.47. The third-order valence-corrected chi connectivity index (χ3v) is 4.62. The molecule has 1 N–H and O–H groups in total. The maximum Gasteiger partial charge on any atom is 0.309 e. The van der Waals surface area contributed by atoms with Crippen molar-refractivity contribution in [1.82, 2.24) is 10.2 Å².